The molecule has 1 aromatic heterocycles. The van der Waals surface area contributed by atoms with Crippen LogP contribution in [-0.4, -0.2) is 56.0 Å². The van der Waals surface area contributed by atoms with E-state index in [4.69, 9.17) is 5.21 Å². The minimum absolute atomic E-state index is 0.134. The number of nitrogens with zero attached hydrogens (tertiary/aromatic N) is 1. The second kappa shape index (κ2) is 13.1. The Bertz CT molecular complexity index is 1320. The van der Waals surface area contributed by atoms with Gasteiger partial charge in [-0.1, -0.05) is 61.4 Å². The number of hydroxylamine groups is 1. The first-order valence-corrected chi connectivity index (χ1v) is 13.3. The van der Waals surface area contributed by atoms with E-state index in [2.05, 4.69) is 10.3 Å². The van der Waals surface area contributed by atoms with Gasteiger partial charge in [0.2, 0.25) is 17.7 Å². The molecule has 4 rings (SSSR count). The molecule has 10 nitrogen and oxygen atoms in total. The Morgan fingerprint density at radius 2 is 1.64 bits per heavy atom. The molecule has 0 fully saturated rings. The lowest BCUT2D eigenvalue weighted by molar-refractivity contribution is -0.145. The number of hydrogen-bond donors (Lipinski definition) is 5. The molecule has 2 heterocycles. The van der Waals surface area contributed by atoms with E-state index < -0.39 is 29.9 Å². The van der Waals surface area contributed by atoms with E-state index >= 15 is 0 Å². The van der Waals surface area contributed by atoms with Gasteiger partial charge in [-0.3, -0.25) is 19.6 Å². The van der Waals surface area contributed by atoms with Crippen LogP contribution in [0.3, 0.4) is 0 Å². The number of carbonyl (C=O) groups excluding carboxylic acids is 3. The average Bonchev–Trinajstić information content (AvgIpc) is 3.31. The van der Waals surface area contributed by atoms with Gasteiger partial charge in [-0.25, -0.2) is 10.3 Å². The van der Waals surface area contributed by atoms with E-state index in [9.17, 15) is 24.3 Å². The number of H-pyrrole nitrogens is 1. The Kier molecular flexibility index (Phi) is 9.32. The van der Waals surface area contributed by atoms with Gasteiger partial charge in [0.25, 0.3) is 0 Å². The fraction of sp³-hybridized carbons (Fsp3) is 0.379. The van der Waals surface area contributed by atoms with Gasteiger partial charge < -0.3 is 20.3 Å². The molecule has 1 aliphatic rings. The molecule has 2 atom stereocenters. The Morgan fingerprint density at radius 1 is 0.949 bits per heavy atom. The molecule has 2 aromatic carbocycles. The molecular weight excluding hydrogens is 500 g/mol. The third-order valence-corrected chi connectivity index (χ3v) is 7.19. The topological polar surface area (TPSA) is 152 Å². The number of amides is 3. The van der Waals surface area contributed by atoms with Crippen LogP contribution < -0.4 is 10.8 Å². The smallest absolute Gasteiger partial charge is 0.326 e. The monoisotopic (exact) mass is 534 g/mol. The lowest BCUT2D eigenvalue weighted by Gasteiger charge is -2.35. The van der Waals surface area contributed by atoms with Gasteiger partial charge in [0.1, 0.15) is 12.1 Å². The van der Waals surface area contributed by atoms with Gasteiger partial charge in [0.15, 0.2) is 0 Å². The number of aromatic amines is 1. The Balaban J connectivity index is 1.48. The van der Waals surface area contributed by atoms with E-state index in [1.54, 1.807) is 10.4 Å². The molecule has 2 unspecified atom stereocenters. The third kappa shape index (κ3) is 7.02. The number of fused-ring (bicyclic) bond motifs is 3. The maximum Gasteiger partial charge on any atom is 0.326 e. The summed E-state index contributed by atoms with van der Waals surface area (Å²) >= 11 is 0. The van der Waals surface area contributed by atoms with E-state index in [1.165, 1.54) is 0 Å². The predicted molar refractivity (Wildman–Crippen MR) is 144 cm³/mol. The fourth-order valence-corrected chi connectivity index (χ4v) is 5.14. The molecule has 10 heteroatoms. The zero-order valence-corrected chi connectivity index (χ0v) is 21.7. The van der Waals surface area contributed by atoms with Gasteiger partial charge in [0.05, 0.1) is 6.54 Å². The molecule has 0 radical (unpaired) electrons. The van der Waals surface area contributed by atoms with Crippen LogP contribution in [0.1, 0.15) is 55.3 Å². The predicted octanol–water partition coefficient (Wildman–Crippen LogP) is 3.08. The first kappa shape index (κ1) is 27.8. The molecular formula is C29H34N4O6. The second-order valence-corrected chi connectivity index (χ2v) is 9.91. The van der Waals surface area contributed by atoms with Crippen LogP contribution in [-0.2, 0) is 38.6 Å². The summed E-state index contributed by atoms with van der Waals surface area (Å²) in [5.74, 6) is -2.24. The molecule has 39 heavy (non-hydrogen) atoms. The minimum atomic E-state index is -1.14. The van der Waals surface area contributed by atoms with Crippen LogP contribution >= 0.6 is 0 Å². The van der Waals surface area contributed by atoms with Gasteiger partial charge in [-0.15, -0.1) is 0 Å². The van der Waals surface area contributed by atoms with Crippen molar-refractivity contribution in [2.75, 3.05) is 0 Å². The summed E-state index contributed by atoms with van der Waals surface area (Å²) in [7, 11) is 0. The quantitative estimate of drug-likeness (QED) is 0.137. The van der Waals surface area contributed by atoms with Crippen LogP contribution in [0.4, 0.5) is 0 Å². The van der Waals surface area contributed by atoms with Crippen LogP contribution in [0, 0.1) is 0 Å². The van der Waals surface area contributed by atoms with Crippen molar-refractivity contribution >= 4 is 34.6 Å². The van der Waals surface area contributed by atoms with Crippen molar-refractivity contribution in [2.24, 2.45) is 0 Å². The molecule has 5 N–H and O–H groups in total. The standard InChI is InChI=1S/C29H34N4O6/c34-26(32-39)14-6-1-2-7-15-27(35)33-18-24-21(20-12-8-9-13-22(20)30-24)17-25(33)28(36)31-23(29(37)38)16-19-10-4-3-5-11-19/h3-5,8-13,23,25,30,39H,1-2,6-7,14-18H2,(H,31,36)(H,32,34)(H,37,38). The second-order valence-electron chi connectivity index (χ2n) is 9.91. The van der Waals surface area contributed by atoms with Crippen LogP contribution in [0.5, 0.6) is 0 Å². The molecule has 0 bridgehead atoms. The highest BCUT2D eigenvalue weighted by Gasteiger charge is 2.37. The number of rotatable bonds is 12. The number of carbonyl (C=O) groups is 4. The number of carboxylic acids is 1. The highest BCUT2D eigenvalue weighted by molar-refractivity contribution is 5.93. The van der Waals surface area contributed by atoms with Crippen LogP contribution in [0.15, 0.2) is 54.6 Å². The maximum absolute atomic E-state index is 13.6. The van der Waals surface area contributed by atoms with Gasteiger partial charge in [-0.05, 0) is 30.0 Å². The van der Waals surface area contributed by atoms with Crippen LogP contribution in [0.25, 0.3) is 10.9 Å². The van der Waals surface area contributed by atoms with Crippen molar-refractivity contribution < 1.29 is 29.5 Å². The molecule has 0 aliphatic carbocycles. The van der Waals surface area contributed by atoms with Crippen molar-refractivity contribution in [3.63, 3.8) is 0 Å². The number of nitrogens with one attached hydrogen (secondary N) is 3. The van der Waals surface area contributed by atoms with Crippen molar-refractivity contribution in [2.45, 2.75) is 70.0 Å². The first-order valence-electron chi connectivity index (χ1n) is 13.3. The van der Waals surface area contributed by atoms with E-state index in [0.717, 1.165) is 40.6 Å². The number of unbranched alkanes of at least 4 members (excludes halogenated alkanes) is 3. The van der Waals surface area contributed by atoms with Gasteiger partial charge in [-0.2, -0.15) is 0 Å². The summed E-state index contributed by atoms with van der Waals surface area (Å²) in [5.41, 5.74) is 5.16. The average molecular weight is 535 g/mol. The molecule has 3 aromatic rings. The number of aromatic nitrogens is 1. The Hall–Kier alpha value is -4.18. The summed E-state index contributed by atoms with van der Waals surface area (Å²) in [4.78, 5) is 55.0. The zero-order chi connectivity index (χ0) is 27.8. The summed E-state index contributed by atoms with van der Waals surface area (Å²) in [6, 6.07) is 14.9. The van der Waals surface area contributed by atoms with Crippen molar-refractivity contribution in [3.8, 4) is 0 Å². The molecule has 0 saturated carbocycles. The highest BCUT2D eigenvalue weighted by Crippen LogP contribution is 2.31. The van der Waals surface area contributed by atoms with E-state index in [1.807, 2.05) is 54.6 Å². The Labute approximate surface area is 226 Å². The maximum atomic E-state index is 13.6. The third-order valence-electron chi connectivity index (χ3n) is 7.19. The summed E-state index contributed by atoms with van der Waals surface area (Å²) in [5, 5.41) is 22.1. The number of hydrogen-bond acceptors (Lipinski definition) is 5. The minimum Gasteiger partial charge on any atom is -0.480 e. The summed E-state index contributed by atoms with van der Waals surface area (Å²) in [6.07, 6.45) is 3.52. The summed E-state index contributed by atoms with van der Waals surface area (Å²) in [6.45, 7) is 0.230. The highest BCUT2D eigenvalue weighted by atomic mass is 16.5. The number of benzene rings is 2. The van der Waals surface area contributed by atoms with Gasteiger partial charge >= 0.3 is 5.97 Å². The van der Waals surface area contributed by atoms with Crippen molar-refractivity contribution in [1.29, 1.82) is 0 Å². The SMILES string of the molecule is O=C(CCCCCCC(=O)N1Cc2[nH]c3ccccc3c2CC1C(=O)NC(Cc1ccccc1)C(=O)O)NO. The molecule has 0 spiro atoms. The number of aliphatic carboxylic acids is 1. The zero-order valence-electron chi connectivity index (χ0n) is 21.7. The normalized spacial score (nSPS) is 15.4. The lowest BCUT2D eigenvalue weighted by atomic mass is 9.94. The van der Waals surface area contributed by atoms with Crippen LogP contribution in [0.2, 0.25) is 0 Å². The first-order chi connectivity index (χ1) is 18.9. The molecule has 0 saturated heterocycles. The molecule has 206 valence electrons. The Morgan fingerprint density at radius 3 is 2.36 bits per heavy atom. The van der Waals surface area contributed by atoms with E-state index in [-0.39, 0.29) is 38.1 Å². The van der Waals surface area contributed by atoms with E-state index in [0.29, 0.717) is 12.8 Å². The molecule has 1 aliphatic heterocycles. The van der Waals surface area contributed by atoms with Crippen molar-refractivity contribution in [1.82, 2.24) is 20.7 Å². The molecule has 3 amide bonds. The lowest BCUT2D eigenvalue weighted by Crippen LogP contribution is -2.55. The largest absolute Gasteiger partial charge is 0.480 e. The van der Waals surface area contributed by atoms with Gasteiger partial charge in [0, 0.05) is 42.3 Å². The fourth-order valence-electron chi connectivity index (χ4n) is 5.14. The summed E-state index contributed by atoms with van der Waals surface area (Å²) < 4.78 is 0. The number of para-hydroxylation sites is 1. The number of carboxylic acid groups (broad SMARTS) is 1. The van der Waals surface area contributed by atoms with Crippen molar-refractivity contribution in [3.05, 3.63) is 71.4 Å².